The molecule has 0 atom stereocenters. The largest absolute Gasteiger partial charge is 0.416 e. The van der Waals surface area contributed by atoms with Crippen LogP contribution in [0.1, 0.15) is 22.3 Å². The molecule has 4 nitrogen and oxygen atoms in total. The lowest BCUT2D eigenvalue weighted by Gasteiger charge is -2.36. The molecule has 4 aromatic carbocycles. The molecule has 0 aliphatic heterocycles. The summed E-state index contributed by atoms with van der Waals surface area (Å²) in [6.45, 7) is 0. The zero-order valence-electron chi connectivity index (χ0n) is 20.6. The SMILES string of the molecule is O=c1n(-c2cccc(C(F)(F)F)c2)c2cccnc2n1C(c1ccccc1)(c1ccccc1)c1ccccc1. The highest BCUT2D eigenvalue weighted by Crippen LogP contribution is 2.42. The average Bonchev–Trinajstić information content (AvgIpc) is 3.27. The summed E-state index contributed by atoms with van der Waals surface area (Å²) in [4.78, 5) is 19.2. The lowest BCUT2D eigenvalue weighted by molar-refractivity contribution is -0.137. The van der Waals surface area contributed by atoms with Gasteiger partial charge >= 0.3 is 11.9 Å². The molecule has 0 aliphatic rings. The van der Waals surface area contributed by atoms with Crippen LogP contribution in [-0.2, 0) is 11.7 Å². The number of rotatable bonds is 5. The predicted octanol–water partition coefficient (Wildman–Crippen LogP) is 7.05. The molecular weight excluding hydrogens is 499 g/mol. The maximum atomic E-state index is 14.6. The summed E-state index contributed by atoms with van der Waals surface area (Å²) in [5.74, 6) is 0. The molecule has 6 rings (SSSR count). The smallest absolute Gasteiger partial charge is 0.259 e. The Bertz CT molecular complexity index is 1710. The Hall–Kier alpha value is -4.91. The molecule has 39 heavy (non-hydrogen) atoms. The molecule has 6 aromatic rings. The van der Waals surface area contributed by atoms with Crippen molar-refractivity contribution >= 4 is 11.2 Å². The van der Waals surface area contributed by atoms with Gasteiger partial charge in [0.05, 0.1) is 16.8 Å². The minimum Gasteiger partial charge on any atom is -0.259 e. The zero-order valence-corrected chi connectivity index (χ0v) is 20.6. The fraction of sp³-hybridized carbons (Fsp3) is 0.0625. The van der Waals surface area contributed by atoms with Gasteiger partial charge in [0.1, 0.15) is 5.54 Å². The van der Waals surface area contributed by atoms with Crippen molar-refractivity contribution in [1.82, 2.24) is 14.1 Å². The fourth-order valence-corrected chi connectivity index (χ4v) is 5.33. The number of pyridine rings is 1. The first-order chi connectivity index (χ1) is 18.9. The maximum Gasteiger partial charge on any atom is 0.416 e. The molecule has 0 spiro atoms. The molecule has 0 amide bonds. The Kier molecular flexibility index (Phi) is 5.91. The standard InChI is InChI=1S/C32H22F3N3O/c33-32(34,35)26-18-10-19-27(22-26)37-28-20-11-21-36-29(28)38(30(37)39)31(23-12-4-1-5-13-23,24-14-6-2-7-15-24)25-16-8-3-9-17-25/h1-22H. The third-order valence-electron chi connectivity index (χ3n) is 6.94. The molecule has 2 heterocycles. The van der Waals surface area contributed by atoms with Gasteiger partial charge in [-0.25, -0.2) is 9.78 Å². The van der Waals surface area contributed by atoms with E-state index >= 15 is 0 Å². The Balaban J connectivity index is 1.80. The van der Waals surface area contributed by atoms with E-state index in [-0.39, 0.29) is 5.69 Å². The molecule has 0 N–H and O–H groups in total. The summed E-state index contributed by atoms with van der Waals surface area (Å²) < 4.78 is 43.9. The molecular formula is C32H22F3N3O. The normalized spacial score (nSPS) is 12.1. The second kappa shape index (κ2) is 9.44. The van der Waals surface area contributed by atoms with Crippen molar-refractivity contribution in [3.8, 4) is 5.69 Å². The molecule has 7 heteroatoms. The van der Waals surface area contributed by atoms with Crippen LogP contribution >= 0.6 is 0 Å². The molecule has 0 bridgehead atoms. The monoisotopic (exact) mass is 521 g/mol. The predicted molar refractivity (Wildman–Crippen MR) is 145 cm³/mol. The number of aromatic nitrogens is 3. The zero-order chi connectivity index (χ0) is 27.0. The van der Waals surface area contributed by atoms with Gasteiger partial charge in [-0.3, -0.25) is 9.13 Å². The number of benzene rings is 4. The van der Waals surface area contributed by atoms with Gasteiger partial charge in [0.25, 0.3) is 0 Å². The van der Waals surface area contributed by atoms with Gasteiger partial charge in [-0.05, 0) is 47.0 Å². The number of imidazole rings is 1. The van der Waals surface area contributed by atoms with E-state index in [1.165, 1.54) is 16.7 Å². The molecule has 192 valence electrons. The molecule has 0 radical (unpaired) electrons. The summed E-state index contributed by atoms with van der Waals surface area (Å²) in [7, 11) is 0. The topological polar surface area (TPSA) is 39.8 Å². The van der Waals surface area contributed by atoms with Gasteiger partial charge < -0.3 is 0 Å². The van der Waals surface area contributed by atoms with E-state index in [2.05, 4.69) is 4.98 Å². The van der Waals surface area contributed by atoms with E-state index in [0.29, 0.717) is 11.2 Å². The van der Waals surface area contributed by atoms with Crippen LogP contribution < -0.4 is 5.69 Å². The average molecular weight is 522 g/mol. The van der Waals surface area contributed by atoms with Crippen molar-refractivity contribution in [2.24, 2.45) is 0 Å². The van der Waals surface area contributed by atoms with Crippen LogP contribution in [0.3, 0.4) is 0 Å². The summed E-state index contributed by atoms with van der Waals surface area (Å²) in [6, 6.07) is 37.0. The Morgan fingerprint density at radius 2 is 1.10 bits per heavy atom. The molecule has 0 unspecified atom stereocenters. The highest BCUT2D eigenvalue weighted by Gasteiger charge is 2.42. The Morgan fingerprint density at radius 1 is 0.590 bits per heavy atom. The number of hydrogen-bond acceptors (Lipinski definition) is 2. The van der Waals surface area contributed by atoms with Crippen LogP contribution in [0.2, 0.25) is 0 Å². The minimum absolute atomic E-state index is 0.106. The van der Waals surface area contributed by atoms with Crippen LogP contribution in [0.4, 0.5) is 13.2 Å². The van der Waals surface area contributed by atoms with E-state index in [4.69, 9.17) is 0 Å². The molecule has 0 saturated heterocycles. The van der Waals surface area contributed by atoms with Gasteiger partial charge in [0.2, 0.25) is 0 Å². The van der Waals surface area contributed by atoms with Gasteiger partial charge in [-0.2, -0.15) is 13.2 Å². The Labute approximate surface area is 222 Å². The lowest BCUT2D eigenvalue weighted by atomic mass is 9.76. The maximum absolute atomic E-state index is 14.6. The van der Waals surface area contributed by atoms with E-state index in [1.807, 2.05) is 91.0 Å². The molecule has 0 aliphatic carbocycles. The summed E-state index contributed by atoms with van der Waals surface area (Å²) in [5, 5.41) is 0. The van der Waals surface area contributed by atoms with Crippen molar-refractivity contribution in [3.63, 3.8) is 0 Å². The van der Waals surface area contributed by atoms with E-state index in [1.54, 1.807) is 22.9 Å². The van der Waals surface area contributed by atoms with Gasteiger partial charge in [-0.1, -0.05) is 97.1 Å². The lowest BCUT2D eigenvalue weighted by Crippen LogP contribution is -2.44. The van der Waals surface area contributed by atoms with Gasteiger partial charge in [0.15, 0.2) is 5.65 Å². The van der Waals surface area contributed by atoms with Crippen LogP contribution in [0.15, 0.2) is 138 Å². The highest BCUT2D eigenvalue weighted by molar-refractivity contribution is 5.76. The van der Waals surface area contributed by atoms with Crippen molar-refractivity contribution in [1.29, 1.82) is 0 Å². The third kappa shape index (κ3) is 3.94. The van der Waals surface area contributed by atoms with Crippen molar-refractivity contribution in [2.45, 2.75) is 11.7 Å². The number of halogens is 3. The van der Waals surface area contributed by atoms with Crippen LogP contribution in [0.5, 0.6) is 0 Å². The second-order valence-electron chi connectivity index (χ2n) is 9.16. The van der Waals surface area contributed by atoms with E-state index in [0.717, 1.165) is 28.8 Å². The molecule has 0 saturated carbocycles. The number of fused-ring (bicyclic) bond motifs is 1. The summed E-state index contributed by atoms with van der Waals surface area (Å²) in [6.07, 6.45) is -2.97. The first kappa shape index (κ1) is 24.4. The number of nitrogens with zero attached hydrogens (tertiary/aromatic N) is 3. The third-order valence-corrected chi connectivity index (χ3v) is 6.94. The van der Waals surface area contributed by atoms with Gasteiger partial charge in [-0.15, -0.1) is 0 Å². The number of alkyl halides is 3. The highest BCUT2D eigenvalue weighted by atomic mass is 19.4. The summed E-state index contributed by atoms with van der Waals surface area (Å²) in [5.41, 5.74) is 0.729. The van der Waals surface area contributed by atoms with E-state index in [9.17, 15) is 18.0 Å². The first-order valence-corrected chi connectivity index (χ1v) is 12.4. The van der Waals surface area contributed by atoms with Crippen molar-refractivity contribution < 1.29 is 13.2 Å². The van der Waals surface area contributed by atoms with Crippen LogP contribution in [0.25, 0.3) is 16.9 Å². The molecule has 0 fully saturated rings. The first-order valence-electron chi connectivity index (χ1n) is 12.4. The van der Waals surface area contributed by atoms with Crippen LogP contribution in [0, 0.1) is 0 Å². The van der Waals surface area contributed by atoms with Gasteiger partial charge in [0, 0.05) is 6.20 Å². The second-order valence-corrected chi connectivity index (χ2v) is 9.16. The van der Waals surface area contributed by atoms with Crippen LogP contribution in [-0.4, -0.2) is 14.1 Å². The number of hydrogen-bond donors (Lipinski definition) is 0. The minimum atomic E-state index is -4.56. The molecule has 2 aromatic heterocycles. The Morgan fingerprint density at radius 3 is 1.62 bits per heavy atom. The van der Waals surface area contributed by atoms with Crippen molar-refractivity contribution in [2.75, 3.05) is 0 Å². The van der Waals surface area contributed by atoms with Crippen molar-refractivity contribution in [3.05, 3.63) is 166 Å². The summed E-state index contributed by atoms with van der Waals surface area (Å²) >= 11 is 0. The quantitative estimate of drug-likeness (QED) is 0.228. The van der Waals surface area contributed by atoms with E-state index < -0.39 is 23.0 Å². The fourth-order valence-electron chi connectivity index (χ4n) is 5.33.